The normalized spacial score (nSPS) is 14.4. The highest BCUT2D eigenvalue weighted by molar-refractivity contribution is 8.18. The summed E-state index contributed by atoms with van der Waals surface area (Å²) in [4.78, 5) is 51.2. The Kier molecular flexibility index (Phi) is 8.01. The van der Waals surface area contributed by atoms with Crippen LogP contribution in [0, 0.1) is 24.0 Å². The van der Waals surface area contributed by atoms with Crippen molar-refractivity contribution in [3.63, 3.8) is 0 Å². The van der Waals surface area contributed by atoms with Crippen LogP contribution in [0.25, 0.3) is 6.08 Å². The summed E-state index contributed by atoms with van der Waals surface area (Å²) in [5.41, 5.74) is 2.65. The van der Waals surface area contributed by atoms with Gasteiger partial charge in [-0.05, 0) is 73.1 Å². The van der Waals surface area contributed by atoms with Crippen molar-refractivity contribution >= 4 is 69.6 Å². The van der Waals surface area contributed by atoms with Crippen LogP contribution < -0.4 is 5.32 Å². The second-order valence-electron chi connectivity index (χ2n) is 8.18. The van der Waals surface area contributed by atoms with Gasteiger partial charge in [0.1, 0.15) is 6.54 Å². The number of imide groups is 1. The number of nitrogens with one attached hydrogen (secondary N) is 1. The number of nitro benzene ring substituents is 1. The topological polar surface area (TPSA) is 110 Å². The Morgan fingerprint density at radius 2 is 1.84 bits per heavy atom. The lowest BCUT2D eigenvalue weighted by Gasteiger charge is -2.13. The van der Waals surface area contributed by atoms with E-state index in [2.05, 4.69) is 5.32 Å². The Balaban J connectivity index is 1.49. The molecule has 8 nitrogen and oxygen atoms in total. The van der Waals surface area contributed by atoms with Gasteiger partial charge < -0.3 is 5.32 Å². The molecule has 11 heteroatoms. The molecule has 1 saturated heterocycles. The summed E-state index contributed by atoms with van der Waals surface area (Å²) < 4.78 is 0. The van der Waals surface area contributed by atoms with Crippen molar-refractivity contribution in [3.8, 4) is 0 Å². The van der Waals surface area contributed by atoms with E-state index in [1.165, 1.54) is 23.9 Å². The van der Waals surface area contributed by atoms with E-state index in [1.807, 2.05) is 38.1 Å². The van der Waals surface area contributed by atoms with Crippen LogP contribution >= 0.6 is 35.1 Å². The minimum Gasteiger partial charge on any atom is -0.324 e. The molecule has 4 rings (SSSR count). The molecule has 0 atom stereocenters. The molecule has 1 heterocycles. The maximum Gasteiger partial charge on any atom is 0.294 e. The predicted molar refractivity (Wildman–Crippen MR) is 146 cm³/mol. The van der Waals surface area contributed by atoms with Gasteiger partial charge >= 0.3 is 0 Å². The van der Waals surface area contributed by atoms with Crippen LogP contribution in [0.2, 0.25) is 5.02 Å². The number of carbonyl (C=O) groups excluding carboxylic acids is 3. The minimum atomic E-state index is -0.646. The highest BCUT2D eigenvalue weighted by Gasteiger charge is 2.36. The van der Waals surface area contributed by atoms with Gasteiger partial charge in [-0.25, -0.2) is 0 Å². The summed E-state index contributed by atoms with van der Waals surface area (Å²) in [5, 5.41) is 14.2. The second-order valence-corrected chi connectivity index (χ2v) is 10.7. The first kappa shape index (κ1) is 26.5. The summed E-state index contributed by atoms with van der Waals surface area (Å²) in [6.45, 7) is 3.31. The van der Waals surface area contributed by atoms with Gasteiger partial charge in [-0.1, -0.05) is 53.2 Å². The first-order chi connectivity index (χ1) is 17.6. The number of nitrogens with zero attached hydrogens (tertiary/aromatic N) is 2. The number of amides is 3. The van der Waals surface area contributed by atoms with Crippen molar-refractivity contribution in [2.75, 3.05) is 11.9 Å². The molecule has 37 heavy (non-hydrogen) atoms. The van der Waals surface area contributed by atoms with Gasteiger partial charge in [0.15, 0.2) is 0 Å². The molecule has 3 aromatic rings. The van der Waals surface area contributed by atoms with Crippen molar-refractivity contribution in [3.05, 3.63) is 97.4 Å². The van der Waals surface area contributed by atoms with E-state index in [1.54, 1.807) is 30.3 Å². The number of halogens is 1. The highest BCUT2D eigenvalue weighted by atomic mass is 35.5. The Bertz CT molecular complexity index is 1460. The van der Waals surface area contributed by atoms with Gasteiger partial charge in [0.25, 0.3) is 16.8 Å². The molecule has 0 unspecified atom stereocenters. The fourth-order valence-electron chi connectivity index (χ4n) is 3.39. The van der Waals surface area contributed by atoms with E-state index < -0.39 is 28.5 Å². The number of aryl methyl sites for hydroxylation is 2. The molecule has 3 amide bonds. The van der Waals surface area contributed by atoms with Crippen molar-refractivity contribution in [2.24, 2.45) is 0 Å². The average Bonchev–Trinajstić information content (AvgIpc) is 3.10. The third-order valence-electron chi connectivity index (χ3n) is 5.36. The SMILES string of the molecule is Cc1ccc(Sc2ccc(/C=C3\SC(=O)N(CC(=O)Nc4ccc(C)c(Cl)c4)C3=O)cc2[N+](=O)[O-])cc1. The Hall–Kier alpha value is -3.60. The molecule has 0 aliphatic carbocycles. The van der Waals surface area contributed by atoms with E-state index in [9.17, 15) is 24.5 Å². The molecule has 0 bridgehead atoms. The largest absolute Gasteiger partial charge is 0.324 e. The number of anilines is 1. The Morgan fingerprint density at radius 1 is 1.11 bits per heavy atom. The van der Waals surface area contributed by atoms with Crippen LogP contribution in [0.4, 0.5) is 16.2 Å². The maximum absolute atomic E-state index is 12.8. The molecule has 0 radical (unpaired) electrons. The Morgan fingerprint density at radius 3 is 2.51 bits per heavy atom. The predicted octanol–water partition coefficient (Wildman–Crippen LogP) is 6.69. The van der Waals surface area contributed by atoms with Gasteiger partial charge in [-0.2, -0.15) is 0 Å². The first-order valence-electron chi connectivity index (χ1n) is 10.9. The fraction of sp³-hybridized carbons (Fsp3) is 0.115. The number of carbonyl (C=O) groups is 3. The average molecular weight is 554 g/mol. The lowest BCUT2D eigenvalue weighted by atomic mass is 10.2. The van der Waals surface area contributed by atoms with Crippen LogP contribution in [0.1, 0.15) is 16.7 Å². The van der Waals surface area contributed by atoms with E-state index in [0.717, 1.165) is 20.9 Å². The summed E-state index contributed by atoms with van der Waals surface area (Å²) in [7, 11) is 0. The molecule has 188 valence electrons. The number of thioether (sulfide) groups is 1. The summed E-state index contributed by atoms with van der Waals surface area (Å²) in [6.07, 6.45) is 1.41. The number of nitro groups is 1. The van der Waals surface area contributed by atoms with Crippen molar-refractivity contribution in [1.29, 1.82) is 0 Å². The monoisotopic (exact) mass is 553 g/mol. The minimum absolute atomic E-state index is 0.0735. The molecular formula is C26H20ClN3O5S2. The van der Waals surface area contributed by atoms with Crippen molar-refractivity contribution in [2.45, 2.75) is 23.6 Å². The summed E-state index contributed by atoms with van der Waals surface area (Å²) in [6, 6.07) is 17.2. The summed E-state index contributed by atoms with van der Waals surface area (Å²) >= 11 is 8.01. The van der Waals surface area contributed by atoms with Gasteiger partial charge in [0.2, 0.25) is 5.91 Å². The molecule has 0 aromatic heterocycles. The maximum atomic E-state index is 12.8. The highest BCUT2D eigenvalue weighted by Crippen LogP contribution is 2.37. The van der Waals surface area contributed by atoms with Crippen LogP contribution in [0.3, 0.4) is 0 Å². The van der Waals surface area contributed by atoms with Crippen LogP contribution in [0.5, 0.6) is 0 Å². The molecule has 0 spiro atoms. The zero-order valence-corrected chi connectivity index (χ0v) is 22.1. The molecule has 0 saturated carbocycles. The van der Waals surface area contributed by atoms with Gasteiger partial charge in [-0.15, -0.1) is 0 Å². The number of hydrogen-bond donors (Lipinski definition) is 1. The second kappa shape index (κ2) is 11.2. The fourth-order valence-corrected chi connectivity index (χ4v) is 5.31. The standard InChI is InChI=1S/C26H20ClN3O5S2/c1-15-3-8-19(9-4-15)36-22-10-6-17(11-21(22)30(34)35)12-23-25(32)29(26(33)37-23)14-24(31)28-18-7-5-16(2)20(27)13-18/h3-13H,14H2,1-2H3,(H,28,31)/b23-12-. The summed E-state index contributed by atoms with van der Waals surface area (Å²) in [5.74, 6) is -1.20. The molecule has 3 aromatic carbocycles. The van der Waals surface area contributed by atoms with E-state index >= 15 is 0 Å². The van der Waals surface area contributed by atoms with Crippen molar-refractivity contribution < 1.29 is 19.3 Å². The molecular weight excluding hydrogens is 534 g/mol. The van der Waals surface area contributed by atoms with Gasteiger partial charge in [-0.3, -0.25) is 29.4 Å². The van der Waals surface area contributed by atoms with E-state index in [0.29, 0.717) is 32.9 Å². The molecule has 1 fully saturated rings. The number of hydrogen-bond acceptors (Lipinski definition) is 7. The molecule has 1 aliphatic heterocycles. The van der Waals surface area contributed by atoms with Gasteiger partial charge in [0, 0.05) is 21.7 Å². The van der Waals surface area contributed by atoms with Crippen LogP contribution in [-0.2, 0) is 9.59 Å². The van der Waals surface area contributed by atoms with Gasteiger partial charge in [0.05, 0.1) is 14.7 Å². The third-order valence-corrected chi connectivity index (χ3v) is 7.74. The number of benzene rings is 3. The zero-order valence-electron chi connectivity index (χ0n) is 19.7. The first-order valence-corrected chi connectivity index (χ1v) is 13.0. The molecule has 1 N–H and O–H groups in total. The van der Waals surface area contributed by atoms with E-state index in [4.69, 9.17) is 11.6 Å². The van der Waals surface area contributed by atoms with Crippen LogP contribution in [-0.4, -0.2) is 33.4 Å². The Labute approximate surface area is 226 Å². The quantitative estimate of drug-likeness (QED) is 0.197. The zero-order chi connectivity index (χ0) is 26.7. The van der Waals surface area contributed by atoms with Crippen molar-refractivity contribution in [1.82, 2.24) is 4.90 Å². The molecule has 1 aliphatic rings. The number of rotatable bonds is 7. The van der Waals surface area contributed by atoms with E-state index in [-0.39, 0.29) is 10.6 Å². The van der Waals surface area contributed by atoms with Crippen LogP contribution in [0.15, 0.2) is 75.4 Å². The third kappa shape index (κ3) is 6.40. The lowest BCUT2D eigenvalue weighted by molar-refractivity contribution is -0.387. The smallest absolute Gasteiger partial charge is 0.294 e. The lowest BCUT2D eigenvalue weighted by Crippen LogP contribution is -2.36.